The number of hydrogen-bond acceptors (Lipinski definition) is 2. The second-order valence-electron chi connectivity index (χ2n) is 6.16. The number of alkyl halides is 2. The summed E-state index contributed by atoms with van der Waals surface area (Å²) in [5.74, 6) is 0.150. The van der Waals surface area contributed by atoms with E-state index >= 15 is 0 Å². The lowest BCUT2D eigenvalue weighted by molar-refractivity contribution is -0.0511. The molecule has 3 aliphatic carbocycles. The molecule has 4 heteroatoms. The first kappa shape index (κ1) is 11.8. The number of aliphatic hydroxyl groups is 1. The van der Waals surface area contributed by atoms with Gasteiger partial charge in [0.05, 0.1) is 6.54 Å². The predicted molar refractivity (Wildman–Crippen MR) is 60.9 cm³/mol. The smallest absolute Gasteiger partial charge is 0.282 e. The monoisotopic (exact) mass is 245 g/mol. The summed E-state index contributed by atoms with van der Waals surface area (Å²) in [4.78, 5) is 0. The van der Waals surface area contributed by atoms with Crippen LogP contribution in [0.1, 0.15) is 32.1 Å². The molecule has 0 heterocycles. The largest absolute Gasteiger partial charge is 0.390 e. The van der Waals surface area contributed by atoms with Crippen molar-refractivity contribution in [2.75, 3.05) is 13.2 Å². The van der Waals surface area contributed by atoms with Crippen LogP contribution in [0.15, 0.2) is 0 Å². The number of rotatable bonds is 4. The number of aliphatic hydroxyl groups excluding tert-OH is 1. The van der Waals surface area contributed by atoms with Gasteiger partial charge in [-0.1, -0.05) is 6.42 Å². The Kier molecular flexibility index (Phi) is 2.90. The van der Waals surface area contributed by atoms with Crippen molar-refractivity contribution in [2.24, 2.45) is 23.7 Å². The van der Waals surface area contributed by atoms with Gasteiger partial charge in [0, 0.05) is 6.04 Å². The molecule has 0 radical (unpaired) electrons. The zero-order valence-corrected chi connectivity index (χ0v) is 10.0. The van der Waals surface area contributed by atoms with Gasteiger partial charge in [-0.15, -0.1) is 0 Å². The number of fused-ring (bicyclic) bond motifs is 5. The van der Waals surface area contributed by atoms with Gasteiger partial charge in [0.2, 0.25) is 0 Å². The van der Waals surface area contributed by atoms with E-state index in [0.717, 1.165) is 24.2 Å². The van der Waals surface area contributed by atoms with Crippen LogP contribution in [0.25, 0.3) is 0 Å². The van der Waals surface area contributed by atoms with Crippen molar-refractivity contribution >= 4 is 0 Å². The molecule has 0 aromatic heterocycles. The molecule has 0 aliphatic heterocycles. The van der Waals surface area contributed by atoms with E-state index in [1.807, 2.05) is 0 Å². The van der Waals surface area contributed by atoms with Gasteiger partial charge in [0.15, 0.2) is 0 Å². The topological polar surface area (TPSA) is 32.3 Å². The summed E-state index contributed by atoms with van der Waals surface area (Å²) >= 11 is 0. The molecule has 5 unspecified atom stereocenters. The summed E-state index contributed by atoms with van der Waals surface area (Å²) in [6.45, 7) is -1.42. The molecule has 0 aromatic rings. The standard InChI is InChI=1S/C13H21F2NO/c14-13(15,7-17)6-16-12-5-8-4-11(12)10-3-1-2-9(8)10/h8-12,16-17H,1-7H2. The normalized spacial score (nSPS) is 44.3. The van der Waals surface area contributed by atoms with Crippen molar-refractivity contribution in [2.45, 2.75) is 44.1 Å². The van der Waals surface area contributed by atoms with Crippen LogP contribution in [-0.4, -0.2) is 30.2 Å². The van der Waals surface area contributed by atoms with Crippen molar-refractivity contribution in [3.05, 3.63) is 0 Å². The van der Waals surface area contributed by atoms with E-state index in [-0.39, 0.29) is 12.6 Å². The molecule has 0 aromatic carbocycles. The van der Waals surface area contributed by atoms with Gasteiger partial charge in [0.1, 0.15) is 6.61 Å². The first-order valence-electron chi connectivity index (χ1n) is 6.83. The summed E-state index contributed by atoms with van der Waals surface area (Å²) in [5.41, 5.74) is 0. The lowest BCUT2D eigenvalue weighted by atomic mass is 9.79. The Morgan fingerprint density at radius 1 is 1.12 bits per heavy atom. The van der Waals surface area contributed by atoms with Gasteiger partial charge in [-0.05, 0) is 49.4 Å². The number of nitrogens with one attached hydrogen (secondary N) is 1. The van der Waals surface area contributed by atoms with Crippen molar-refractivity contribution in [1.29, 1.82) is 0 Å². The maximum absolute atomic E-state index is 13.0. The second kappa shape index (κ2) is 4.16. The van der Waals surface area contributed by atoms with E-state index in [2.05, 4.69) is 5.32 Å². The fourth-order valence-electron chi connectivity index (χ4n) is 4.64. The highest BCUT2D eigenvalue weighted by Gasteiger charge is 2.53. The maximum atomic E-state index is 13.0. The molecule has 5 atom stereocenters. The first-order valence-corrected chi connectivity index (χ1v) is 6.83. The number of hydrogen-bond donors (Lipinski definition) is 2. The summed E-state index contributed by atoms with van der Waals surface area (Å²) in [5, 5.41) is 11.6. The van der Waals surface area contributed by atoms with Crippen LogP contribution in [0.4, 0.5) is 8.78 Å². The predicted octanol–water partition coefficient (Wildman–Crippen LogP) is 2.03. The van der Waals surface area contributed by atoms with Gasteiger partial charge in [-0.3, -0.25) is 0 Å². The van der Waals surface area contributed by atoms with Crippen molar-refractivity contribution in [3.63, 3.8) is 0 Å². The Hall–Kier alpha value is -0.220. The van der Waals surface area contributed by atoms with E-state index < -0.39 is 12.5 Å². The number of halogens is 2. The Morgan fingerprint density at radius 3 is 2.65 bits per heavy atom. The lowest BCUT2D eigenvalue weighted by Gasteiger charge is -2.33. The minimum atomic E-state index is -2.96. The second-order valence-corrected chi connectivity index (χ2v) is 6.16. The summed E-state index contributed by atoms with van der Waals surface area (Å²) in [7, 11) is 0. The van der Waals surface area contributed by atoms with Crippen LogP contribution in [0.5, 0.6) is 0 Å². The fraction of sp³-hybridized carbons (Fsp3) is 1.00. The molecule has 17 heavy (non-hydrogen) atoms. The average Bonchev–Trinajstić information content (AvgIpc) is 2.98. The third-order valence-electron chi connectivity index (χ3n) is 5.28. The zero-order valence-electron chi connectivity index (χ0n) is 10.0. The van der Waals surface area contributed by atoms with Crippen molar-refractivity contribution in [1.82, 2.24) is 5.32 Å². The Bertz CT molecular complexity index is 297. The van der Waals surface area contributed by atoms with Crippen LogP contribution in [0.2, 0.25) is 0 Å². The lowest BCUT2D eigenvalue weighted by Crippen LogP contribution is -2.45. The SMILES string of the molecule is OCC(F)(F)CNC1CC2CC1C1CCCC21. The van der Waals surface area contributed by atoms with Gasteiger partial charge >= 0.3 is 0 Å². The molecule has 2 N–H and O–H groups in total. The first-order chi connectivity index (χ1) is 8.11. The molecular formula is C13H21F2NO. The molecule has 0 amide bonds. The van der Waals surface area contributed by atoms with Crippen molar-refractivity contribution in [3.8, 4) is 0 Å². The van der Waals surface area contributed by atoms with Gasteiger partial charge in [-0.2, -0.15) is 0 Å². The van der Waals surface area contributed by atoms with Gasteiger partial charge in [0.25, 0.3) is 5.92 Å². The Morgan fingerprint density at radius 2 is 1.88 bits per heavy atom. The van der Waals surface area contributed by atoms with Crippen LogP contribution < -0.4 is 5.32 Å². The molecule has 3 fully saturated rings. The third kappa shape index (κ3) is 1.99. The minimum absolute atomic E-state index is 0.275. The molecule has 3 rings (SSSR count). The fourth-order valence-corrected chi connectivity index (χ4v) is 4.64. The molecule has 0 saturated heterocycles. The van der Waals surface area contributed by atoms with E-state index in [0.29, 0.717) is 5.92 Å². The van der Waals surface area contributed by atoms with E-state index in [1.165, 1.54) is 25.7 Å². The van der Waals surface area contributed by atoms with Crippen LogP contribution in [0.3, 0.4) is 0 Å². The molecule has 3 aliphatic rings. The van der Waals surface area contributed by atoms with Crippen LogP contribution in [0, 0.1) is 23.7 Å². The highest BCUT2D eigenvalue weighted by Crippen LogP contribution is 2.58. The van der Waals surface area contributed by atoms with Gasteiger partial charge in [-0.25, -0.2) is 8.78 Å². The van der Waals surface area contributed by atoms with Crippen LogP contribution >= 0.6 is 0 Å². The average molecular weight is 245 g/mol. The minimum Gasteiger partial charge on any atom is -0.390 e. The van der Waals surface area contributed by atoms with Crippen LogP contribution in [-0.2, 0) is 0 Å². The van der Waals surface area contributed by atoms with Crippen molar-refractivity contribution < 1.29 is 13.9 Å². The molecular weight excluding hydrogens is 224 g/mol. The molecule has 2 nitrogen and oxygen atoms in total. The van der Waals surface area contributed by atoms with Gasteiger partial charge < -0.3 is 10.4 Å². The summed E-state index contributed by atoms with van der Waals surface area (Å²) in [6, 6.07) is 0.275. The maximum Gasteiger partial charge on any atom is 0.282 e. The highest BCUT2D eigenvalue weighted by molar-refractivity contribution is 5.05. The van der Waals surface area contributed by atoms with E-state index in [4.69, 9.17) is 5.11 Å². The van der Waals surface area contributed by atoms with E-state index in [9.17, 15) is 8.78 Å². The third-order valence-corrected chi connectivity index (χ3v) is 5.28. The molecule has 98 valence electrons. The Labute approximate surface area is 101 Å². The summed E-state index contributed by atoms with van der Waals surface area (Å²) in [6.07, 6.45) is 6.33. The zero-order chi connectivity index (χ0) is 12.0. The summed E-state index contributed by atoms with van der Waals surface area (Å²) < 4.78 is 26.0. The molecule has 3 saturated carbocycles. The highest BCUT2D eigenvalue weighted by atomic mass is 19.3. The van der Waals surface area contributed by atoms with E-state index in [1.54, 1.807) is 0 Å². The Balaban J connectivity index is 1.57. The quantitative estimate of drug-likeness (QED) is 0.794. The molecule has 2 bridgehead atoms. The molecule has 0 spiro atoms.